The third-order valence-corrected chi connectivity index (χ3v) is 3.37. The molecule has 2 rings (SSSR count). The van der Waals surface area contributed by atoms with Crippen LogP contribution in [0.2, 0.25) is 0 Å². The van der Waals surface area contributed by atoms with Crippen LogP contribution in [-0.2, 0) is 11.2 Å². The van der Waals surface area contributed by atoms with Gasteiger partial charge in [0, 0.05) is 5.56 Å². The number of nitrogens with two attached hydrogens (primary N) is 1. The molecule has 1 amide bonds. The lowest BCUT2D eigenvalue weighted by Crippen LogP contribution is -2.43. The van der Waals surface area contributed by atoms with Crippen LogP contribution >= 0.6 is 0 Å². The van der Waals surface area contributed by atoms with Crippen LogP contribution in [0.3, 0.4) is 0 Å². The molecule has 0 aromatic heterocycles. The lowest BCUT2D eigenvalue weighted by Gasteiger charge is -2.18. The summed E-state index contributed by atoms with van der Waals surface area (Å²) in [6.07, 6.45) is 0.455. The molecule has 0 aliphatic carbocycles. The quantitative estimate of drug-likeness (QED) is 0.887. The predicted molar refractivity (Wildman–Crippen MR) is 81.1 cm³/mol. The summed E-state index contributed by atoms with van der Waals surface area (Å²) in [6.45, 7) is 1.74. The van der Waals surface area contributed by atoms with Crippen LogP contribution in [0.15, 0.2) is 54.6 Å². The first-order valence-electron chi connectivity index (χ1n) is 6.92. The minimum atomic E-state index is -0.651. The van der Waals surface area contributed by atoms with E-state index in [2.05, 4.69) is 5.32 Å². The van der Waals surface area contributed by atoms with E-state index in [9.17, 15) is 9.18 Å². The normalized spacial score (nSPS) is 13.5. The fraction of sp³-hybridized carbons (Fsp3) is 0.235. The Morgan fingerprint density at radius 1 is 1.14 bits per heavy atom. The van der Waals surface area contributed by atoms with Crippen molar-refractivity contribution in [2.75, 3.05) is 0 Å². The fourth-order valence-corrected chi connectivity index (χ4v) is 2.19. The second-order valence-electron chi connectivity index (χ2n) is 5.05. The first kappa shape index (κ1) is 15.2. The Hall–Kier alpha value is -2.20. The van der Waals surface area contributed by atoms with Gasteiger partial charge in [-0.3, -0.25) is 4.79 Å². The molecule has 2 aromatic rings. The summed E-state index contributed by atoms with van der Waals surface area (Å²) in [5.74, 6) is -0.614. The molecule has 0 radical (unpaired) electrons. The number of rotatable bonds is 5. The largest absolute Gasteiger partial charge is 0.348 e. The number of nitrogens with one attached hydrogen (secondary N) is 1. The van der Waals surface area contributed by atoms with Crippen LogP contribution in [0.4, 0.5) is 4.39 Å². The molecular weight excluding hydrogens is 267 g/mol. The Bertz CT molecular complexity index is 601. The molecule has 21 heavy (non-hydrogen) atoms. The summed E-state index contributed by atoms with van der Waals surface area (Å²) in [5, 5.41) is 2.75. The van der Waals surface area contributed by atoms with E-state index in [1.54, 1.807) is 25.1 Å². The van der Waals surface area contributed by atoms with E-state index >= 15 is 0 Å². The number of halogens is 1. The maximum Gasteiger partial charge on any atom is 0.237 e. The summed E-state index contributed by atoms with van der Waals surface area (Å²) in [7, 11) is 0. The van der Waals surface area contributed by atoms with Crippen molar-refractivity contribution in [3.05, 3.63) is 71.5 Å². The van der Waals surface area contributed by atoms with Gasteiger partial charge in [-0.15, -0.1) is 0 Å². The Kier molecular flexibility index (Phi) is 5.06. The molecule has 110 valence electrons. The molecule has 4 heteroatoms. The summed E-state index contributed by atoms with van der Waals surface area (Å²) in [4.78, 5) is 12.1. The van der Waals surface area contributed by atoms with Crippen molar-refractivity contribution in [2.45, 2.75) is 25.4 Å². The van der Waals surface area contributed by atoms with Crippen LogP contribution in [0.25, 0.3) is 0 Å². The van der Waals surface area contributed by atoms with Gasteiger partial charge in [0.25, 0.3) is 0 Å². The Morgan fingerprint density at radius 3 is 2.43 bits per heavy atom. The van der Waals surface area contributed by atoms with Gasteiger partial charge in [-0.1, -0.05) is 48.5 Å². The van der Waals surface area contributed by atoms with Crippen molar-refractivity contribution in [1.29, 1.82) is 0 Å². The van der Waals surface area contributed by atoms with Gasteiger partial charge in [-0.25, -0.2) is 4.39 Å². The number of hydrogen-bond acceptors (Lipinski definition) is 2. The molecule has 0 aliphatic heterocycles. The Morgan fingerprint density at radius 2 is 1.76 bits per heavy atom. The number of hydrogen-bond donors (Lipinski definition) is 2. The zero-order chi connectivity index (χ0) is 15.2. The minimum absolute atomic E-state index is 0.283. The zero-order valence-corrected chi connectivity index (χ0v) is 11.9. The second kappa shape index (κ2) is 6.99. The van der Waals surface area contributed by atoms with Crippen molar-refractivity contribution in [2.24, 2.45) is 5.73 Å². The number of carbonyl (C=O) groups is 1. The first-order valence-corrected chi connectivity index (χ1v) is 6.92. The van der Waals surface area contributed by atoms with E-state index in [4.69, 9.17) is 5.73 Å². The fourth-order valence-electron chi connectivity index (χ4n) is 2.19. The van der Waals surface area contributed by atoms with E-state index in [1.165, 1.54) is 6.07 Å². The summed E-state index contributed by atoms with van der Waals surface area (Å²) < 4.78 is 13.7. The molecule has 0 spiro atoms. The molecule has 0 unspecified atom stereocenters. The lowest BCUT2D eigenvalue weighted by atomic mass is 10.0. The smallest absolute Gasteiger partial charge is 0.237 e. The maximum atomic E-state index is 13.7. The highest BCUT2D eigenvalue weighted by Gasteiger charge is 2.18. The average Bonchev–Trinajstić information content (AvgIpc) is 2.48. The summed E-state index contributed by atoms with van der Waals surface area (Å²) in [6, 6.07) is 14.9. The zero-order valence-electron chi connectivity index (χ0n) is 11.9. The topological polar surface area (TPSA) is 55.1 Å². The second-order valence-corrected chi connectivity index (χ2v) is 5.05. The SMILES string of the molecule is C[C@@H](NC(=O)[C@H](N)Cc1ccccc1)c1ccccc1F. The third kappa shape index (κ3) is 4.13. The molecule has 2 aromatic carbocycles. The van der Waals surface area contributed by atoms with Crippen molar-refractivity contribution in [1.82, 2.24) is 5.32 Å². The minimum Gasteiger partial charge on any atom is -0.348 e. The molecule has 0 fully saturated rings. The van der Waals surface area contributed by atoms with Crippen LogP contribution < -0.4 is 11.1 Å². The molecule has 2 atom stereocenters. The van der Waals surface area contributed by atoms with Gasteiger partial charge in [0.05, 0.1) is 12.1 Å². The van der Waals surface area contributed by atoms with Gasteiger partial charge in [-0.2, -0.15) is 0 Å². The molecule has 0 bridgehead atoms. The van der Waals surface area contributed by atoms with E-state index < -0.39 is 12.1 Å². The molecule has 0 saturated carbocycles. The first-order chi connectivity index (χ1) is 10.1. The molecule has 3 N–H and O–H groups in total. The Labute approximate surface area is 124 Å². The van der Waals surface area contributed by atoms with E-state index in [-0.39, 0.29) is 11.7 Å². The van der Waals surface area contributed by atoms with Gasteiger partial charge in [0.15, 0.2) is 0 Å². The van der Waals surface area contributed by atoms with Crippen molar-refractivity contribution < 1.29 is 9.18 Å². The summed E-state index contributed by atoms with van der Waals surface area (Å²) >= 11 is 0. The Balaban J connectivity index is 1.96. The van der Waals surface area contributed by atoms with Gasteiger partial charge >= 0.3 is 0 Å². The highest BCUT2D eigenvalue weighted by molar-refractivity contribution is 5.82. The molecule has 0 aliphatic rings. The van der Waals surface area contributed by atoms with Gasteiger partial charge in [-0.05, 0) is 25.0 Å². The summed E-state index contributed by atoms with van der Waals surface area (Å²) in [5.41, 5.74) is 7.36. The van der Waals surface area contributed by atoms with Gasteiger partial charge in [0.1, 0.15) is 5.82 Å². The van der Waals surface area contributed by atoms with Crippen molar-refractivity contribution >= 4 is 5.91 Å². The van der Waals surface area contributed by atoms with E-state index in [1.807, 2.05) is 30.3 Å². The highest BCUT2D eigenvalue weighted by atomic mass is 19.1. The molecule has 3 nitrogen and oxygen atoms in total. The number of carbonyl (C=O) groups excluding carboxylic acids is 1. The van der Waals surface area contributed by atoms with Crippen LogP contribution in [-0.4, -0.2) is 11.9 Å². The van der Waals surface area contributed by atoms with Crippen LogP contribution in [0.5, 0.6) is 0 Å². The predicted octanol–water partition coefficient (Wildman–Crippen LogP) is 2.57. The van der Waals surface area contributed by atoms with Crippen LogP contribution in [0, 0.1) is 5.82 Å². The van der Waals surface area contributed by atoms with Crippen molar-refractivity contribution in [3.8, 4) is 0 Å². The number of benzene rings is 2. The van der Waals surface area contributed by atoms with E-state index in [0.29, 0.717) is 12.0 Å². The molecule has 0 saturated heterocycles. The monoisotopic (exact) mass is 286 g/mol. The molecular formula is C17H19FN2O. The van der Waals surface area contributed by atoms with E-state index in [0.717, 1.165) is 5.56 Å². The molecule has 0 heterocycles. The van der Waals surface area contributed by atoms with Crippen molar-refractivity contribution in [3.63, 3.8) is 0 Å². The van der Waals surface area contributed by atoms with Gasteiger partial charge in [0.2, 0.25) is 5.91 Å². The van der Waals surface area contributed by atoms with Crippen LogP contribution in [0.1, 0.15) is 24.1 Å². The maximum absolute atomic E-state index is 13.7. The highest BCUT2D eigenvalue weighted by Crippen LogP contribution is 2.16. The third-order valence-electron chi connectivity index (χ3n) is 3.37. The van der Waals surface area contributed by atoms with Gasteiger partial charge < -0.3 is 11.1 Å². The standard InChI is InChI=1S/C17H19FN2O/c1-12(14-9-5-6-10-15(14)18)20-17(21)16(19)11-13-7-3-2-4-8-13/h2-10,12,16H,11,19H2,1H3,(H,20,21)/t12-,16-/m1/s1. The lowest BCUT2D eigenvalue weighted by molar-refractivity contribution is -0.123. The average molecular weight is 286 g/mol. The number of amides is 1.